The maximum Gasteiger partial charge on any atom is 0.263 e. The minimum absolute atomic E-state index is 0.0542. The van der Waals surface area contributed by atoms with Crippen LogP contribution in [0.3, 0.4) is 0 Å². The fourth-order valence-electron chi connectivity index (χ4n) is 2.96. The molecule has 0 aliphatic carbocycles. The number of rotatable bonds is 8. The number of halogens is 2. The highest BCUT2D eigenvalue weighted by molar-refractivity contribution is 7.98. The number of fused-ring (bicyclic) bond motifs is 1. The standard InChI is InChI=1S/C20H22Cl2N2O4S2/c1-2-30(26,27)24-12-19(28-18-9-4-3-8-17(18)24)20(25)23-10-11-29-13-14-15(21)6-5-7-16(14)22/h3-9,19H,2,10-13H2,1H3,(H,23,25)/t19-/m1/s1. The highest BCUT2D eigenvalue weighted by atomic mass is 35.5. The summed E-state index contributed by atoms with van der Waals surface area (Å²) in [4.78, 5) is 12.6. The quantitative estimate of drug-likeness (QED) is 0.569. The Morgan fingerprint density at radius 2 is 1.90 bits per heavy atom. The molecule has 0 spiro atoms. The Labute approximate surface area is 190 Å². The first-order chi connectivity index (χ1) is 14.3. The van der Waals surface area contributed by atoms with Gasteiger partial charge < -0.3 is 10.1 Å². The lowest BCUT2D eigenvalue weighted by Crippen LogP contribution is -2.51. The van der Waals surface area contributed by atoms with E-state index >= 15 is 0 Å². The highest BCUT2D eigenvalue weighted by Gasteiger charge is 2.35. The van der Waals surface area contributed by atoms with E-state index in [1.54, 1.807) is 61.2 Å². The number of hydrogen-bond acceptors (Lipinski definition) is 5. The first kappa shape index (κ1) is 23.1. The van der Waals surface area contributed by atoms with E-state index in [9.17, 15) is 13.2 Å². The van der Waals surface area contributed by atoms with E-state index < -0.39 is 16.1 Å². The van der Waals surface area contributed by atoms with Crippen LogP contribution < -0.4 is 14.4 Å². The Morgan fingerprint density at radius 3 is 2.60 bits per heavy atom. The number of hydrogen-bond donors (Lipinski definition) is 1. The van der Waals surface area contributed by atoms with E-state index in [1.807, 2.05) is 0 Å². The Bertz CT molecular complexity index is 997. The third kappa shape index (κ3) is 5.35. The van der Waals surface area contributed by atoms with Gasteiger partial charge in [0.25, 0.3) is 5.91 Å². The SMILES string of the molecule is CCS(=O)(=O)N1C[C@H](C(=O)NCCSCc2c(Cl)cccc2Cl)Oc2ccccc21. The number of nitrogens with zero attached hydrogens (tertiary/aromatic N) is 1. The zero-order chi connectivity index (χ0) is 21.7. The van der Waals surface area contributed by atoms with Gasteiger partial charge in [0.2, 0.25) is 10.0 Å². The minimum Gasteiger partial charge on any atom is -0.476 e. The third-order valence-corrected chi connectivity index (χ3v) is 8.02. The van der Waals surface area contributed by atoms with E-state index in [2.05, 4.69) is 5.32 Å². The van der Waals surface area contributed by atoms with Crippen molar-refractivity contribution in [1.29, 1.82) is 0 Å². The number of nitrogens with one attached hydrogen (secondary N) is 1. The summed E-state index contributed by atoms with van der Waals surface area (Å²) >= 11 is 13.9. The number of amides is 1. The van der Waals surface area contributed by atoms with Crippen molar-refractivity contribution in [1.82, 2.24) is 5.32 Å². The molecule has 0 bridgehead atoms. The number of benzene rings is 2. The van der Waals surface area contributed by atoms with Gasteiger partial charge in [0.15, 0.2) is 6.10 Å². The molecule has 0 saturated carbocycles. The summed E-state index contributed by atoms with van der Waals surface area (Å²) in [5.41, 5.74) is 1.32. The highest BCUT2D eigenvalue weighted by Crippen LogP contribution is 2.35. The molecule has 10 heteroatoms. The predicted molar refractivity (Wildman–Crippen MR) is 123 cm³/mol. The van der Waals surface area contributed by atoms with Crippen LogP contribution in [0.25, 0.3) is 0 Å². The smallest absolute Gasteiger partial charge is 0.263 e. The molecule has 2 aromatic rings. The molecule has 0 fully saturated rings. The summed E-state index contributed by atoms with van der Waals surface area (Å²) in [5, 5.41) is 4.05. The number of sulfonamides is 1. The topological polar surface area (TPSA) is 75.7 Å². The van der Waals surface area contributed by atoms with Gasteiger partial charge in [-0.3, -0.25) is 9.10 Å². The normalized spacial score (nSPS) is 16.0. The average Bonchev–Trinajstić information content (AvgIpc) is 2.74. The van der Waals surface area contributed by atoms with Crippen LogP contribution in [0.2, 0.25) is 10.0 Å². The van der Waals surface area contributed by atoms with Crippen LogP contribution in [0.1, 0.15) is 12.5 Å². The summed E-state index contributed by atoms with van der Waals surface area (Å²) in [6.45, 7) is 1.93. The van der Waals surface area contributed by atoms with Crippen molar-refractivity contribution >= 4 is 56.6 Å². The number of thioether (sulfide) groups is 1. The first-order valence-corrected chi connectivity index (χ1v) is 12.9. The summed E-state index contributed by atoms with van der Waals surface area (Å²) < 4.78 is 32.0. The van der Waals surface area contributed by atoms with Gasteiger partial charge in [-0.05, 0) is 36.8 Å². The maximum absolute atomic E-state index is 12.6. The van der Waals surface area contributed by atoms with Crippen LogP contribution in [0.15, 0.2) is 42.5 Å². The van der Waals surface area contributed by atoms with Gasteiger partial charge in [-0.25, -0.2) is 8.42 Å². The Morgan fingerprint density at radius 1 is 1.20 bits per heavy atom. The van der Waals surface area contributed by atoms with E-state index in [-0.39, 0.29) is 18.2 Å². The largest absolute Gasteiger partial charge is 0.476 e. The lowest BCUT2D eigenvalue weighted by Gasteiger charge is -2.34. The van der Waals surface area contributed by atoms with E-state index in [4.69, 9.17) is 27.9 Å². The molecule has 1 atom stereocenters. The zero-order valence-corrected chi connectivity index (χ0v) is 19.5. The fourth-order valence-corrected chi connectivity index (χ4v) is 5.68. The molecule has 1 amide bonds. The summed E-state index contributed by atoms with van der Waals surface area (Å²) in [7, 11) is -3.52. The molecule has 30 heavy (non-hydrogen) atoms. The number of carbonyl (C=O) groups excluding carboxylic acids is 1. The fraction of sp³-hybridized carbons (Fsp3) is 0.350. The molecule has 1 N–H and O–H groups in total. The molecule has 0 unspecified atom stereocenters. The average molecular weight is 489 g/mol. The van der Waals surface area contributed by atoms with Crippen molar-refractivity contribution in [3.05, 3.63) is 58.1 Å². The Hall–Kier alpha value is -1.61. The van der Waals surface area contributed by atoms with Gasteiger partial charge in [-0.2, -0.15) is 11.8 Å². The molecule has 6 nitrogen and oxygen atoms in total. The molecule has 3 rings (SSSR count). The lowest BCUT2D eigenvalue weighted by atomic mass is 10.2. The molecule has 0 aromatic heterocycles. The van der Waals surface area contributed by atoms with Gasteiger partial charge in [0.1, 0.15) is 5.75 Å². The van der Waals surface area contributed by atoms with E-state index in [0.717, 1.165) is 5.56 Å². The molecule has 0 radical (unpaired) electrons. The molecule has 1 heterocycles. The molecule has 0 saturated heterocycles. The van der Waals surface area contributed by atoms with Crippen molar-refractivity contribution in [3.63, 3.8) is 0 Å². The second kappa shape index (κ2) is 10.1. The van der Waals surface area contributed by atoms with Gasteiger partial charge in [0, 0.05) is 28.1 Å². The number of ether oxygens (including phenoxy) is 1. The van der Waals surface area contributed by atoms with Crippen LogP contribution in [-0.4, -0.2) is 45.0 Å². The van der Waals surface area contributed by atoms with Gasteiger partial charge >= 0.3 is 0 Å². The second-order valence-electron chi connectivity index (χ2n) is 6.55. The number of para-hydroxylation sites is 2. The van der Waals surface area contributed by atoms with Crippen molar-refractivity contribution in [3.8, 4) is 5.75 Å². The first-order valence-electron chi connectivity index (χ1n) is 9.38. The molecule has 1 aliphatic rings. The van der Waals surface area contributed by atoms with Crippen LogP contribution in [0.5, 0.6) is 5.75 Å². The predicted octanol–water partition coefficient (Wildman–Crippen LogP) is 3.96. The molecule has 162 valence electrons. The molecular weight excluding hydrogens is 467 g/mol. The van der Waals surface area contributed by atoms with Crippen LogP contribution >= 0.6 is 35.0 Å². The van der Waals surface area contributed by atoms with Crippen molar-refractivity contribution < 1.29 is 17.9 Å². The number of carbonyl (C=O) groups is 1. The Kier molecular flexibility index (Phi) is 7.79. The Balaban J connectivity index is 1.56. The lowest BCUT2D eigenvalue weighted by molar-refractivity contribution is -0.127. The van der Waals surface area contributed by atoms with Crippen LogP contribution in [0, 0.1) is 0 Å². The van der Waals surface area contributed by atoms with Crippen molar-refractivity contribution in [2.24, 2.45) is 0 Å². The van der Waals surface area contributed by atoms with E-state index in [0.29, 0.717) is 39.5 Å². The minimum atomic E-state index is -3.52. The zero-order valence-electron chi connectivity index (χ0n) is 16.3. The van der Waals surface area contributed by atoms with E-state index in [1.165, 1.54) is 4.31 Å². The summed E-state index contributed by atoms with van der Waals surface area (Å²) in [6.07, 6.45) is -0.913. The molecule has 1 aliphatic heterocycles. The van der Waals surface area contributed by atoms with Gasteiger partial charge in [-0.15, -0.1) is 0 Å². The maximum atomic E-state index is 12.6. The summed E-state index contributed by atoms with van der Waals surface area (Å²) in [5.74, 6) is 1.25. The monoisotopic (exact) mass is 488 g/mol. The molecule has 2 aromatic carbocycles. The molecular formula is C20H22Cl2N2O4S2. The third-order valence-electron chi connectivity index (χ3n) is 4.58. The second-order valence-corrected chi connectivity index (χ2v) is 10.7. The summed E-state index contributed by atoms with van der Waals surface area (Å²) in [6, 6.07) is 12.2. The van der Waals surface area contributed by atoms with Crippen LogP contribution in [-0.2, 0) is 20.6 Å². The van der Waals surface area contributed by atoms with Crippen molar-refractivity contribution in [2.45, 2.75) is 18.8 Å². The van der Waals surface area contributed by atoms with Crippen LogP contribution in [0.4, 0.5) is 5.69 Å². The van der Waals surface area contributed by atoms with Crippen molar-refractivity contribution in [2.75, 3.05) is 28.9 Å². The number of anilines is 1. The van der Waals surface area contributed by atoms with Gasteiger partial charge in [-0.1, -0.05) is 41.4 Å². The van der Waals surface area contributed by atoms with Gasteiger partial charge in [0.05, 0.1) is 18.0 Å².